The topological polar surface area (TPSA) is 59.0 Å². The van der Waals surface area contributed by atoms with Gasteiger partial charge in [-0.3, -0.25) is 9.48 Å². The molecule has 0 aliphatic rings. The second-order valence-corrected chi connectivity index (χ2v) is 4.09. The largest absolute Gasteiger partial charge is 0.378 e. The van der Waals surface area contributed by atoms with Crippen molar-refractivity contribution in [2.75, 3.05) is 10.6 Å². The van der Waals surface area contributed by atoms with Gasteiger partial charge in [-0.15, -0.1) is 0 Å². The van der Waals surface area contributed by atoms with Crippen molar-refractivity contribution < 1.29 is 4.79 Å². The van der Waals surface area contributed by atoms with E-state index in [-0.39, 0.29) is 5.91 Å². The average Bonchev–Trinajstić information content (AvgIpc) is 2.73. The number of nitrogens with zero attached hydrogens (tertiary/aromatic N) is 2. The molecular formula is C13H16N4O. The first-order valence-electron chi connectivity index (χ1n) is 5.73. The SMILES string of the molecule is CC(=O)Nc1ccccc1CNc1cnn(C)c1. The van der Waals surface area contributed by atoms with Gasteiger partial charge in [0.1, 0.15) is 0 Å². The molecule has 0 unspecified atom stereocenters. The summed E-state index contributed by atoms with van der Waals surface area (Å²) in [6.45, 7) is 2.15. The molecule has 2 N–H and O–H groups in total. The number of amides is 1. The van der Waals surface area contributed by atoms with Crippen molar-refractivity contribution in [2.45, 2.75) is 13.5 Å². The highest BCUT2D eigenvalue weighted by Crippen LogP contribution is 2.16. The Hall–Kier alpha value is -2.30. The van der Waals surface area contributed by atoms with Crippen LogP contribution in [-0.2, 0) is 18.4 Å². The molecule has 0 radical (unpaired) electrons. The summed E-state index contributed by atoms with van der Waals surface area (Å²) in [6, 6.07) is 7.72. The van der Waals surface area contributed by atoms with Crippen molar-refractivity contribution in [3.05, 3.63) is 42.2 Å². The number of carbonyl (C=O) groups is 1. The standard InChI is InChI=1S/C13H16N4O/c1-10(18)16-13-6-4-3-5-11(13)7-14-12-8-15-17(2)9-12/h3-6,8-9,14H,7H2,1-2H3,(H,16,18). The maximum atomic E-state index is 11.1. The van der Waals surface area contributed by atoms with E-state index in [1.54, 1.807) is 10.9 Å². The molecule has 0 saturated carbocycles. The molecule has 0 atom stereocenters. The van der Waals surface area contributed by atoms with Crippen LogP contribution in [0.3, 0.4) is 0 Å². The van der Waals surface area contributed by atoms with E-state index in [0.29, 0.717) is 6.54 Å². The monoisotopic (exact) mass is 244 g/mol. The highest BCUT2D eigenvalue weighted by molar-refractivity contribution is 5.89. The first kappa shape index (κ1) is 12.2. The lowest BCUT2D eigenvalue weighted by atomic mass is 10.1. The van der Waals surface area contributed by atoms with Gasteiger partial charge in [0.2, 0.25) is 5.91 Å². The Kier molecular flexibility index (Phi) is 3.62. The summed E-state index contributed by atoms with van der Waals surface area (Å²) in [5.41, 5.74) is 2.83. The number of anilines is 2. The minimum absolute atomic E-state index is 0.0659. The zero-order valence-electron chi connectivity index (χ0n) is 10.5. The predicted molar refractivity (Wildman–Crippen MR) is 71.3 cm³/mol. The third-order valence-corrected chi connectivity index (χ3v) is 2.52. The summed E-state index contributed by atoms with van der Waals surface area (Å²) in [4.78, 5) is 11.1. The number of benzene rings is 1. The van der Waals surface area contributed by atoms with Gasteiger partial charge in [0.15, 0.2) is 0 Å². The fourth-order valence-corrected chi connectivity index (χ4v) is 1.70. The van der Waals surface area contributed by atoms with Gasteiger partial charge in [-0.2, -0.15) is 5.10 Å². The Balaban J connectivity index is 2.06. The molecule has 18 heavy (non-hydrogen) atoms. The van der Waals surface area contributed by atoms with E-state index < -0.39 is 0 Å². The number of para-hydroxylation sites is 1. The van der Waals surface area contributed by atoms with Gasteiger partial charge in [0.25, 0.3) is 0 Å². The average molecular weight is 244 g/mol. The fourth-order valence-electron chi connectivity index (χ4n) is 1.70. The van der Waals surface area contributed by atoms with Crippen LogP contribution in [0.1, 0.15) is 12.5 Å². The Labute approximate surface area is 106 Å². The molecule has 1 aromatic heterocycles. The molecule has 94 valence electrons. The molecule has 1 amide bonds. The normalized spacial score (nSPS) is 10.1. The highest BCUT2D eigenvalue weighted by atomic mass is 16.1. The van der Waals surface area contributed by atoms with Gasteiger partial charge < -0.3 is 10.6 Å². The predicted octanol–water partition coefficient (Wildman–Crippen LogP) is 1.99. The van der Waals surface area contributed by atoms with Gasteiger partial charge in [-0.05, 0) is 11.6 Å². The highest BCUT2D eigenvalue weighted by Gasteiger charge is 2.03. The molecule has 2 rings (SSSR count). The van der Waals surface area contributed by atoms with Gasteiger partial charge in [-0.1, -0.05) is 18.2 Å². The van der Waals surface area contributed by atoms with Crippen molar-refractivity contribution >= 4 is 17.3 Å². The van der Waals surface area contributed by atoms with Crippen LogP contribution >= 0.6 is 0 Å². The maximum absolute atomic E-state index is 11.1. The lowest BCUT2D eigenvalue weighted by Crippen LogP contribution is -2.09. The Morgan fingerprint density at radius 3 is 2.83 bits per heavy atom. The van der Waals surface area contributed by atoms with Crippen LogP contribution in [0.4, 0.5) is 11.4 Å². The summed E-state index contributed by atoms with van der Waals surface area (Å²) < 4.78 is 1.74. The number of aromatic nitrogens is 2. The second-order valence-electron chi connectivity index (χ2n) is 4.09. The van der Waals surface area contributed by atoms with E-state index in [2.05, 4.69) is 15.7 Å². The van der Waals surface area contributed by atoms with Crippen molar-refractivity contribution in [1.29, 1.82) is 0 Å². The maximum Gasteiger partial charge on any atom is 0.221 e. The van der Waals surface area contributed by atoms with E-state index in [1.807, 2.05) is 37.5 Å². The fraction of sp³-hybridized carbons (Fsp3) is 0.231. The Morgan fingerprint density at radius 1 is 1.39 bits per heavy atom. The van der Waals surface area contributed by atoms with E-state index in [9.17, 15) is 4.79 Å². The molecule has 0 fully saturated rings. The third kappa shape index (κ3) is 3.10. The molecule has 1 heterocycles. The second kappa shape index (κ2) is 5.35. The van der Waals surface area contributed by atoms with Crippen LogP contribution in [0, 0.1) is 0 Å². The van der Waals surface area contributed by atoms with E-state index in [1.165, 1.54) is 6.92 Å². The van der Waals surface area contributed by atoms with Gasteiger partial charge in [0.05, 0.1) is 11.9 Å². The van der Waals surface area contributed by atoms with Crippen molar-refractivity contribution in [3.63, 3.8) is 0 Å². The van der Waals surface area contributed by atoms with Gasteiger partial charge in [-0.25, -0.2) is 0 Å². The molecular weight excluding hydrogens is 228 g/mol. The number of nitrogens with one attached hydrogen (secondary N) is 2. The summed E-state index contributed by atoms with van der Waals surface area (Å²) >= 11 is 0. The molecule has 1 aromatic carbocycles. The number of rotatable bonds is 4. The molecule has 5 heteroatoms. The Morgan fingerprint density at radius 2 is 2.17 bits per heavy atom. The first-order chi connectivity index (χ1) is 8.65. The Bertz CT molecular complexity index is 547. The molecule has 2 aromatic rings. The summed E-state index contributed by atoms with van der Waals surface area (Å²) in [5, 5.41) is 10.2. The van der Waals surface area contributed by atoms with Crippen LogP contribution in [0.2, 0.25) is 0 Å². The lowest BCUT2D eigenvalue weighted by molar-refractivity contribution is -0.114. The summed E-state index contributed by atoms with van der Waals surface area (Å²) in [6.07, 6.45) is 3.67. The number of aryl methyl sites for hydroxylation is 1. The lowest BCUT2D eigenvalue weighted by Gasteiger charge is -2.10. The van der Waals surface area contributed by atoms with E-state index in [0.717, 1.165) is 16.9 Å². The van der Waals surface area contributed by atoms with Gasteiger partial charge in [0, 0.05) is 32.4 Å². The van der Waals surface area contributed by atoms with Crippen molar-refractivity contribution in [3.8, 4) is 0 Å². The zero-order chi connectivity index (χ0) is 13.0. The molecule has 0 bridgehead atoms. The quantitative estimate of drug-likeness (QED) is 0.864. The number of hydrogen-bond acceptors (Lipinski definition) is 3. The van der Waals surface area contributed by atoms with Crippen molar-refractivity contribution in [1.82, 2.24) is 9.78 Å². The molecule has 0 aliphatic heterocycles. The minimum atomic E-state index is -0.0659. The first-order valence-corrected chi connectivity index (χ1v) is 5.73. The van der Waals surface area contributed by atoms with Crippen molar-refractivity contribution in [2.24, 2.45) is 7.05 Å². The van der Waals surface area contributed by atoms with Gasteiger partial charge >= 0.3 is 0 Å². The number of carbonyl (C=O) groups excluding carboxylic acids is 1. The molecule has 0 saturated heterocycles. The molecule has 5 nitrogen and oxygen atoms in total. The van der Waals surface area contributed by atoms with Crippen LogP contribution < -0.4 is 10.6 Å². The van der Waals surface area contributed by atoms with E-state index >= 15 is 0 Å². The van der Waals surface area contributed by atoms with Crippen LogP contribution in [-0.4, -0.2) is 15.7 Å². The van der Waals surface area contributed by atoms with Crippen LogP contribution in [0.15, 0.2) is 36.7 Å². The minimum Gasteiger partial charge on any atom is -0.378 e. The van der Waals surface area contributed by atoms with Crippen LogP contribution in [0.25, 0.3) is 0 Å². The van der Waals surface area contributed by atoms with E-state index in [4.69, 9.17) is 0 Å². The third-order valence-electron chi connectivity index (χ3n) is 2.52. The summed E-state index contributed by atoms with van der Waals surface area (Å²) in [7, 11) is 1.87. The zero-order valence-corrected chi connectivity index (χ0v) is 10.5. The molecule has 0 aliphatic carbocycles. The smallest absolute Gasteiger partial charge is 0.221 e. The molecule has 0 spiro atoms. The summed E-state index contributed by atoms with van der Waals surface area (Å²) in [5.74, 6) is -0.0659. The number of hydrogen-bond donors (Lipinski definition) is 2. The van der Waals surface area contributed by atoms with Crippen LogP contribution in [0.5, 0.6) is 0 Å².